The lowest BCUT2D eigenvalue weighted by Gasteiger charge is -2.21. The van der Waals surface area contributed by atoms with Gasteiger partial charge in [-0.2, -0.15) is 0 Å². The van der Waals surface area contributed by atoms with Gasteiger partial charge in [-0.3, -0.25) is 4.79 Å². The van der Waals surface area contributed by atoms with E-state index in [2.05, 4.69) is 5.16 Å². The van der Waals surface area contributed by atoms with Crippen molar-refractivity contribution in [2.45, 2.75) is 25.4 Å². The van der Waals surface area contributed by atoms with Crippen molar-refractivity contribution in [2.75, 3.05) is 14.2 Å². The second-order valence-corrected chi connectivity index (χ2v) is 6.92. The van der Waals surface area contributed by atoms with Crippen LogP contribution in [0, 0.1) is 5.82 Å². The van der Waals surface area contributed by atoms with Crippen LogP contribution in [0.25, 0.3) is 11.3 Å². The van der Waals surface area contributed by atoms with Gasteiger partial charge in [-0.25, -0.2) is 4.39 Å². The van der Waals surface area contributed by atoms with E-state index in [9.17, 15) is 9.18 Å². The number of methoxy groups -OCH3 is 2. The molecule has 3 aromatic rings. The molecule has 2 aromatic carbocycles. The summed E-state index contributed by atoms with van der Waals surface area (Å²) in [5, 5.41) is 4.14. The van der Waals surface area contributed by atoms with E-state index in [1.54, 1.807) is 37.3 Å². The lowest BCUT2D eigenvalue weighted by molar-refractivity contribution is 0.0726. The Morgan fingerprint density at radius 3 is 2.55 bits per heavy atom. The maximum atomic E-state index is 13.2. The zero-order valence-corrected chi connectivity index (χ0v) is 16.2. The van der Waals surface area contributed by atoms with Crippen LogP contribution in [0.3, 0.4) is 0 Å². The Morgan fingerprint density at radius 1 is 1.14 bits per heavy atom. The number of hydrogen-bond donors (Lipinski definition) is 0. The fourth-order valence-electron chi connectivity index (χ4n) is 3.21. The molecular formula is C22H21FN2O4. The third-order valence-electron chi connectivity index (χ3n) is 4.90. The topological polar surface area (TPSA) is 64.8 Å². The Bertz CT molecular complexity index is 1010. The van der Waals surface area contributed by atoms with E-state index < -0.39 is 0 Å². The summed E-state index contributed by atoms with van der Waals surface area (Å²) in [5.41, 5.74) is 1.80. The molecule has 0 atom stereocenters. The van der Waals surface area contributed by atoms with Gasteiger partial charge in [0.1, 0.15) is 23.0 Å². The minimum Gasteiger partial charge on any atom is -0.497 e. The number of hydrogen-bond acceptors (Lipinski definition) is 5. The first-order chi connectivity index (χ1) is 14.1. The molecular weight excluding hydrogens is 375 g/mol. The zero-order chi connectivity index (χ0) is 20.4. The highest BCUT2D eigenvalue weighted by atomic mass is 19.1. The quantitative estimate of drug-likeness (QED) is 0.596. The Kier molecular flexibility index (Phi) is 5.20. The number of aromatic nitrogens is 1. The summed E-state index contributed by atoms with van der Waals surface area (Å²) in [5.74, 6) is 1.32. The van der Waals surface area contributed by atoms with Crippen molar-refractivity contribution >= 4 is 5.91 Å². The molecule has 1 aliphatic rings. The number of carbonyl (C=O) groups excluding carboxylic acids is 1. The first kappa shape index (κ1) is 19.0. The Balaban J connectivity index is 1.57. The number of amides is 1. The van der Waals surface area contributed by atoms with Crippen LogP contribution in [-0.2, 0) is 6.54 Å². The van der Waals surface area contributed by atoms with Crippen molar-refractivity contribution in [1.29, 1.82) is 0 Å². The summed E-state index contributed by atoms with van der Waals surface area (Å²) in [6.07, 6.45) is 1.89. The van der Waals surface area contributed by atoms with Gasteiger partial charge >= 0.3 is 0 Å². The minimum atomic E-state index is -0.368. The fraction of sp³-hybridized carbons (Fsp3) is 0.273. The monoisotopic (exact) mass is 396 g/mol. The highest BCUT2D eigenvalue weighted by Gasteiger charge is 2.33. The molecule has 1 saturated carbocycles. The summed E-state index contributed by atoms with van der Waals surface area (Å²) in [4.78, 5) is 14.7. The van der Waals surface area contributed by atoms with Gasteiger partial charge < -0.3 is 18.9 Å². The zero-order valence-electron chi connectivity index (χ0n) is 16.2. The standard InChI is InChI=1S/C22H21FN2O4/c1-27-18-9-10-20(28-2)19(12-18)21-11-16(24-29-21)13-25(17-7-8-17)22(26)14-3-5-15(23)6-4-14/h3-6,9-12,17H,7-8,13H2,1-2H3. The number of halogens is 1. The van der Waals surface area contributed by atoms with Crippen LogP contribution in [0.2, 0.25) is 0 Å². The van der Waals surface area contributed by atoms with Crippen LogP contribution in [0.15, 0.2) is 53.1 Å². The van der Waals surface area contributed by atoms with Crippen molar-refractivity contribution in [3.63, 3.8) is 0 Å². The summed E-state index contributed by atoms with van der Waals surface area (Å²) >= 11 is 0. The third-order valence-corrected chi connectivity index (χ3v) is 4.90. The molecule has 6 nitrogen and oxygen atoms in total. The van der Waals surface area contributed by atoms with Gasteiger partial charge in [0, 0.05) is 17.7 Å². The Morgan fingerprint density at radius 2 is 1.90 bits per heavy atom. The molecule has 150 valence electrons. The molecule has 0 radical (unpaired) electrons. The van der Waals surface area contributed by atoms with E-state index in [0.717, 1.165) is 12.8 Å². The average Bonchev–Trinajstić information content (AvgIpc) is 3.49. The molecule has 1 heterocycles. The molecule has 0 spiro atoms. The molecule has 7 heteroatoms. The van der Waals surface area contributed by atoms with E-state index in [-0.39, 0.29) is 17.8 Å². The smallest absolute Gasteiger partial charge is 0.254 e. The largest absolute Gasteiger partial charge is 0.497 e. The first-order valence-corrected chi connectivity index (χ1v) is 9.33. The van der Waals surface area contributed by atoms with E-state index in [1.807, 2.05) is 6.07 Å². The van der Waals surface area contributed by atoms with Gasteiger partial charge in [-0.05, 0) is 55.3 Å². The van der Waals surface area contributed by atoms with Gasteiger partial charge in [0.05, 0.1) is 26.3 Å². The molecule has 1 aromatic heterocycles. The fourth-order valence-corrected chi connectivity index (χ4v) is 3.21. The number of nitrogens with zero attached hydrogens (tertiary/aromatic N) is 2. The van der Waals surface area contributed by atoms with Crippen LogP contribution in [-0.4, -0.2) is 36.2 Å². The molecule has 1 aliphatic carbocycles. The normalized spacial score (nSPS) is 13.2. The molecule has 29 heavy (non-hydrogen) atoms. The molecule has 0 aliphatic heterocycles. The number of carbonyl (C=O) groups is 1. The lowest BCUT2D eigenvalue weighted by Crippen LogP contribution is -2.32. The maximum absolute atomic E-state index is 13.2. The molecule has 1 amide bonds. The third kappa shape index (κ3) is 4.08. The SMILES string of the molecule is COc1ccc(OC)c(-c2cc(CN(C(=O)c3ccc(F)cc3)C3CC3)no2)c1. The molecule has 0 bridgehead atoms. The van der Waals surface area contributed by atoms with E-state index >= 15 is 0 Å². The highest BCUT2D eigenvalue weighted by Crippen LogP contribution is 2.35. The summed E-state index contributed by atoms with van der Waals surface area (Å²) in [6.45, 7) is 0.316. The van der Waals surface area contributed by atoms with Crippen LogP contribution in [0.5, 0.6) is 11.5 Å². The molecule has 4 rings (SSSR count). The lowest BCUT2D eigenvalue weighted by atomic mass is 10.1. The molecule has 0 saturated heterocycles. The van der Waals surface area contributed by atoms with Crippen molar-refractivity contribution in [1.82, 2.24) is 10.1 Å². The number of benzene rings is 2. The van der Waals surface area contributed by atoms with Crippen molar-refractivity contribution < 1.29 is 23.2 Å². The van der Waals surface area contributed by atoms with Crippen molar-refractivity contribution in [2.24, 2.45) is 0 Å². The second-order valence-electron chi connectivity index (χ2n) is 6.92. The van der Waals surface area contributed by atoms with Gasteiger partial charge in [-0.15, -0.1) is 0 Å². The molecule has 0 N–H and O–H groups in total. The van der Waals surface area contributed by atoms with Gasteiger partial charge in [-0.1, -0.05) is 5.16 Å². The van der Waals surface area contributed by atoms with Crippen LogP contribution in [0.1, 0.15) is 28.9 Å². The van der Waals surface area contributed by atoms with Crippen LogP contribution in [0.4, 0.5) is 4.39 Å². The maximum Gasteiger partial charge on any atom is 0.254 e. The predicted octanol–water partition coefficient (Wildman–Crippen LogP) is 4.30. The van der Waals surface area contributed by atoms with E-state index in [1.165, 1.54) is 24.3 Å². The molecule has 0 unspecified atom stereocenters. The Labute approximate surface area is 167 Å². The number of ether oxygens (including phenoxy) is 2. The minimum absolute atomic E-state index is 0.143. The van der Waals surface area contributed by atoms with E-state index in [4.69, 9.17) is 14.0 Å². The Hall–Kier alpha value is -3.35. The summed E-state index contributed by atoms with van der Waals surface area (Å²) < 4.78 is 29.4. The summed E-state index contributed by atoms with van der Waals surface area (Å²) in [7, 11) is 3.17. The predicted molar refractivity (Wildman–Crippen MR) is 104 cm³/mol. The second kappa shape index (κ2) is 7.95. The molecule has 1 fully saturated rings. The van der Waals surface area contributed by atoms with Crippen LogP contribution < -0.4 is 9.47 Å². The average molecular weight is 396 g/mol. The highest BCUT2D eigenvalue weighted by molar-refractivity contribution is 5.94. The summed E-state index contributed by atoms with van der Waals surface area (Å²) in [6, 6.07) is 13.0. The van der Waals surface area contributed by atoms with Crippen LogP contribution >= 0.6 is 0 Å². The van der Waals surface area contributed by atoms with Crippen molar-refractivity contribution in [3.8, 4) is 22.8 Å². The first-order valence-electron chi connectivity index (χ1n) is 9.33. The van der Waals surface area contributed by atoms with Crippen molar-refractivity contribution in [3.05, 3.63) is 65.6 Å². The van der Waals surface area contributed by atoms with Gasteiger partial charge in [0.25, 0.3) is 5.91 Å². The van der Waals surface area contributed by atoms with Gasteiger partial charge in [0.2, 0.25) is 0 Å². The van der Waals surface area contributed by atoms with Gasteiger partial charge in [0.15, 0.2) is 5.76 Å². The van der Waals surface area contributed by atoms with E-state index in [0.29, 0.717) is 40.6 Å². The number of rotatable bonds is 7.